The minimum absolute atomic E-state index is 0.0971. The van der Waals surface area contributed by atoms with Crippen LogP contribution < -0.4 is 5.32 Å². The summed E-state index contributed by atoms with van der Waals surface area (Å²) in [4.78, 5) is 17.1. The van der Waals surface area contributed by atoms with Gasteiger partial charge in [-0.15, -0.1) is 11.3 Å². The number of carbonyl (C=O) groups excluding carboxylic acids is 1. The first-order valence-corrected chi connectivity index (χ1v) is 10.8. The Morgan fingerprint density at radius 2 is 2.27 bits per heavy atom. The van der Waals surface area contributed by atoms with Crippen LogP contribution in [0.3, 0.4) is 0 Å². The van der Waals surface area contributed by atoms with Gasteiger partial charge in [0.1, 0.15) is 0 Å². The number of nitrogens with one attached hydrogen (secondary N) is 1. The summed E-state index contributed by atoms with van der Waals surface area (Å²) >= 11 is 7.65. The van der Waals surface area contributed by atoms with Crippen LogP contribution in [0, 0.1) is 17.8 Å². The van der Waals surface area contributed by atoms with E-state index in [1.54, 1.807) is 11.3 Å². The topological polar surface area (TPSA) is 42.0 Å². The van der Waals surface area contributed by atoms with E-state index >= 15 is 0 Å². The van der Waals surface area contributed by atoms with E-state index in [1.165, 1.54) is 25.7 Å². The van der Waals surface area contributed by atoms with Gasteiger partial charge in [0.25, 0.3) is 0 Å². The zero-order valence-corrected chi connectivity index (χ0v) is 16.7. The number of halogens is 1. The molecule has 2 aliphatic rings. The van der Waals surface area contributed by atoms with Crippen molar-refractivity contribution >= 4 is 28.8 Å². The SMILES string of the molecule is CC(NC(=O)Cc1csc(Cc2cccc(Cl)c2)n1)C1CC2CCC1C2. The third-order valence-corrected chi connectivity index (χ3v) is 7.14. The van der Waals surface area contributed by atoms with E-state index in [-0.39, 0.29) is 11.9 Å². The molecule has 4 rings (SSSR count). The molecule has 2 fully saturated rings. The molecule has 2 aromatic rings. The molecule has 0 spiro atoms. The number of nitrogens with zero attached hydrogens (tertiary/aromatic N) is 1. The second kappa shape index (κ2) is 7.69. The van der Waals surface area contributed by atoms with Gasteiger partial charge >= 0.3 is 0 Å². The summed E-state index contributed by atoms with van der Waals surface area (Å²) in [5.74, 6) is 2.52. The third kappa shape index (κ3) is 4.12. The summed E-state index contributed by atoms with van der Waals surface area (Å²) < 4.78 is 0. The van der Waals surface area contributed by atoms with Gasteiger partial charge in [0.15, 0.2) is 0 Å². The smallest absolute Gasteiger partial charge is 0.226 e. The predicted molar refractivity (Wildman–Crippen MR) is 107 cm³/mol. The molecule has 4 atom stereocenters. The first-order chi connectivity index (χ1) is 12.6. The van der Waals surface area contributed by atoms with Crippen LogP contribution >= 0.6 is 22.9 Å². The molecule has 2 aliphatic carbocycles. The van der Waals surface area contributed by atoms with Gasteiger partial charge in [0.2, 0.25) is 5.91 Å². The summed E-state index contributed by atoms with van der Waals surface area (Å²) in [7, 11) is 0. The number of hydrogen-bond donors (Lipinski definition) is 1. The normalized spacial score (nSPS) is 25.4. The molecule has 1 aromatic heterocycles. The maximum atomic E-state index is 12.4. The minimum Gasteiger partial charge on any atom is -0.353 e. The summed E-state index contributed by atoms with van der Waals surface area (Å²) in [5, 5.41) is 7.00. The molecule has 1 N–H and O–H groups in total. The second-order valence-electron chi connectivity index (χ2n) is 7.91. The van der Waals surface area contributed by atoms with Crippen LogP contribution in [-0.4, -0.2) is 16.9 Å². The zero-order chi connectivity index (χ0) is 18.1. The molecule has 4 unspecified atom stereocenters. The summed E-state index contributed by atoms with van der Waals surface area (Å²) in [6, 6.07) is 8.13. The molecule has 1 amide bonds. The quantitative estimate of drug-likeness (QED) is 0.766. The van der Waals surface area contributed by atoms with Gasteiger partial charge in [-0.25, -0.2) is 4.98 Å². The highest BCUT2D eigenvalue weighted by molar-refractivity contribution is 7.09. The van der Waals surface area contributed by atoms with Crippen LogP contribution in [-0.2, 0) is 17.6 Å². The van der Waals surface area contributed by atoms with Gasteiger partial charge in [-0.05, 0) is 61.6 Å². The van der Waals surface area contributed by atoms with Crippen LogP contribution in [0.15, 0.2) is 29.6 Å². The highest BCUT2D eigenvalue weighted by Crippen LogP contribution is 2.49. The van der Waals surface area contributed by atoms with Gasteiger partial charge in [0, 0.05) is 22.9 Å². The molecule has 138 valence electrons. The highest BCUT2D eigenvalue weighted by atomic mass is 35.5. The number of aromatic nitrogens is 1. The number of benzene rings is 1. The second-order valence-corrected chi connectivity index (χ2v) is 9.29. The number of hydrogen-bond acceptors (Lipinski definition) is 3. The van der Waals surface area contributed by atoms with Crippen molar-refractivity contribution in [3.8, 4) is 0 Å². The van der Waals surface area contributed by atoms with Crippen LogP contribution in [0.2, 0.25) is 5.02 Å². The zero-order valence-electron chi connectivity index (χ0n) is 15.1. The van der Waals surface area contributed by atoms with Crippen molar-refractivity contribution in [3.63, 3.8) is 0 Å². The molecule has 0 radical (unpaired) electrons. The third-order valence-electron chi connectivity index (χ3n) is 6.01. The molecule has 2 saturated carbocycles. The number of fused-ring (bicyclic) bond motifs is 2. The molecular weight excluding hydrogens is 364 g/mol. The van der Waals surface area contributed by atoms with E-state index in [1.807, 2.05) is 23.6 Å². The fourth-order valence-electron chi connectivity index (χ4n) is 4.82. The summed E-state index contributed by atoms with van der Waals surface area (Å²) in [6.07, 6.45) is 6.56. The van der Waals surface area contributed by atoms with E-state index in [9.17, 15) is 4.79 Å². The Kier molecular flexibility index (Phi) is 5.32. The van der Waals surface area contributed by atoms with E-state index in [0.717, 1.165) is 39.5 Å². The van der Waals surface area contributed by atoms with Crippen LogP contribution in [0.25, 0.3) is 0 Å². The van der Waals surface area contributed by atoms with Crippen molar-refractivity contribution in [2.75, 3.05) is 0 Å². The van der Waals surface area contributed by atoms with Gasteiger partial charge in [0.05, 0.1) is 17.1 Å². The number of thiazole rings is 1. The molecule has 1 aromatic carbocycles. The molecule has 2 bridgehead atoms. The lowest BCUT2D eigenvalue weighted by Crippen LogP contribution is -2.40. The predicted octanol–water partition coefficient (Wildman–Crippen LogP) is 4.87. The van der Waals surface area contributed by atoms with Crippen LogP contribution in [0.5, 0.6) is 0 Å². The maximum absolute atomic E-state index is 12.4. The lowest BCUT2D eigenvalue weighted by atomic mass is 9.84. The van der Waals surface area contributed by atoms with Gasteiger partial charge in [-0.3, -0.25) is 4.79 Å². The Morgan fingerprint density at radius 3 is 3.00 bits per heavy atom. The van der Waals surface area contributed by atoms with E-state index in [2.05, 4.69) is 23.3 Å². The molecule has 26 heavy (non-hydrogen) atoms. The molecule has 3 nitrogen and oxygen atoms in total. The van der Waals surface area contributed by atoms with E-state index < -0.39 is 0 Å². The largest absolute Gasteiger partial charge is 0.353 e. The summed E-state index contributed by atoms with van der Waals surface area (Å²) in [5.41, 5.74) is 2.01. The number of carbonyl (C=O) groups is 1. The monoisotopic (exact) mass is 388 g/mol. The maximum Gasteiger partial charge on any atom is 0.226 e. The number of rotatable bonds is 6. The minimum atomic E-state index is 0.0971. The molecule has 0 aliphatic heterocycles. The lowest BCUT2D eigenvalue weighted by Gasteiger charge is -2.28. The molecule has 1 heterocycles. The van der Waals surface area contributed by atoms with Crippen molar-refractivity contribution < 1.29 is 4.79 Å². The standard InChI is InChI=1S/C21H25ClN2OS/c1-13(19-9-15-5-6-16(19)7-15)23-20(25)11-18-12-26-21(24-18)10-14-3-2-4-17(22)8-14/h2-4,8,12-13,15-16,19H,5-7,9-11H2,1H3,(H,23,25). The Bertz CT molecular complexity index is 790. The Labute approximate surface area is 164 Å². The van der Waals surface area contributed by atoms with E-state index in [0.29, 0.717) is 12.3 Å². The van der Waals surface area contributed by atoms with Gasteiger partial charge in [-0.1, -0.05) is 30.2 Å². The van der Waals surface area contributed by atoms with Crippen molar-refractivity contribution in [1.29, 1.82) is 0 Å². The summed E-state index contributed by atoms with van der Waals surface area (Å²) in [6.45, 7) is 2.18. The Morgan fingerprint density at radius 1 is 1.38 bits per heavy atom. The molecule has 5 heteroatoms. The van der Waals surface area contributed by atoms with Crippen molar-refractivity contribution in [3.05, 3.63) is 50.9 Å². The fraction of sp³-hybridized carbons (Fsp3) is 0.524. The van der Waals surface area contributed by atoms with Crippen LogP contribution in [0.1, 0.15) is 48.9 Å². The highest BCUT2D eigenvalue weighted by Gasteiger charge is 2.42. The molecule has 0 saturated heterocycles. The Balaban J connectivity index is 1.30. The van der Waals surface area contributed by atoms with E-state index in [4.69, 9.17) is 11.6 Å². The number of amides is 1. The van der Waals surface area contributed by atoms with Crippen LogP contribution in [0.4, 0.5) is 0 Å². The molecular formula is C21H25ClN2OS. The first kappa shape index (κ1) is 18.0. The van der Waals surface area contributed by atoms with Gasteiger partial charge < -0.3 is 5.32 Å². The van der Waals surface area contributed by atoms with Gasteiger partial charge in [-0.2, -0.15) is 0 Å². The first-order valence-electron chi connectivity index (χ1n) is 9.54. The Hall–Kier alpha value is -1.39. The lowest BCUT2D eigenvalue weighted by molar-refractivity contribution is -0.121. The fourth-order valence-corrected chi connectivity index (χ4v) is 5.86. The average molecular weight is 389 g/mol. The average Bonchev–Trinajstić information content (AvgIpc) is 3.32. The van der Waals surface area contributed by atoms with Crippen molar-refractivity contribution in [1.82, 2.24) is 10.3 Å². The van der Waals surface area contributed by atoms with Crippen molar-refractivity contribution in [2.45, 2.75) is 51.5 Å². The van der Waals surface area contributed by atoms with Crippen molar-refractivity contribution in [2.24, 2.45) is 17.8 Å².